The van der Waals surface area contributed by atoms with Crippen molar-refractivity contribution in [1.82, 2.24) is 5.32 Å². The van der Waals surface area contributed by atoms with Crippen LogP contribution < -0.4 is 5.32 Å². The molecule has 0 atom stereocenters. The van der Waals surface area contributed by atoms with Crippen LogP contribution in [0.3, 0.4) is 0 Å². The van der Waals surface area contributed by atoms with E-state index in [2.05, 4.69) is 18.8 Å². The Balaban J connectivity index is 2.06. The van der Waals surface area contributed by atoms with Gasteiger partial charge in [0.15, 0.2) is 0 Å². The molecule has 0 heterocycles. The number of rotatable bonds is 5. The Morgan fingerprint density at radius 2 is 1.85 bits per heavy atom. The molecule has 0 spiro atoms. The third-order valence-electron chi connectivity index (χ3n) is 3.27. The summed E-state index contributed by atoms with van der Waals surface area (Å²) in [5.41, 5.74) is 0. The average Bonchev–Trinajstić information content (AvgIpc) is 2.19. The van der Waals surface area contributed by atoms with Gasteiger partial charge in [0.25, 0.3) is 0 Å². The first kappa shape index (κ1) is 10.8. The molecule has 0 saturated heterocycles. The van der Waals surface area contributed by atoms with Crippen LogP contribution in [0.25, 0.3) is 0 Å². The van der Waals surface area contributed by atoms with Gasteiger partial charge in [-0.15, -0.1) is 6.58 Å². The maximum atomic E-state index is 3.71. The standard InChI is InChI=1S/C12H23N/c1-3-9-13-10-12-7-5-11(4-2)6-8-12/h3,11-13H,1,4-10H2,2H3. The van der Waals surface area contributed by atoms with Crippen molar-refractivity contribution >= 4 is 0 Å². The first-order valence-electron chi connectivity index (χ1n) is 5.68. The van der Waals surface area contributed by atoms with Crippen molar-refractivity contribution in [1.29, 1.82) is 0 Å². The van der Waals surface area contributed by atoms with Gasteiger partial charge in [-0.3, -0.25) is 0 Å². The molecular weight excluding hydrogens is 158 g/mol. The fourth-order valence-electron chi connectivity index (χ4n) is 2.23. The van der Waals surface area contributed by atoms with Crippen molar-refractivity contribution in [3.63, 3.8) is 0 Å². The van der Waals surface area contributed by atoms with Crippen LogP contribution in [0.2, 0.25) is 0 Å². The van der Waals surface area contributed by atoms with Crippen LogP contribution in [-0.4, -0.2) is 13.1 Å². The summed E-state index contributed by atoms with van der Waals surface area (Å²) in [6.45, 7) is 8.19. The average molecular weight is 181 g/mol. The molecule has 1 nitrogen and oxygen atoms in total. The Morgan fingerprint density at radius 1 is 1.23 bits per heavy atom. The molecule has 0 aliphatic heterocycles. The van der Waals surface area contributed by atoms with Crippen molar-refractivity contribution in [2.24, 2.45) is 11.8 Å². The highest BCUT2D eigenvalue weighted by Crippen LogP contribution is 2.29. The van der Waals surface area contributed by atoms with Crippen LogP contribution in [0.4, 0.5) is 0 Å². The van der Waals surface area contributed by atoms with Gasteiger partial charge in [-0.2, -0.15) is 0 Å². The molecule has 13 heavy (non-hydrogen) atoms. The van der Waals surface area contributed by atoms with Gasteiger partial charge < -0.3 is 5.32 Å². The van der Waals surface area contributed by atoms with E-state index in [9.17, 15) is 0 Å². The zero-order chi connectivity index (χ0) is 9.52. The minimum atomic E-state index is 0.933. The summed E-state index contributed by atoms with van der Waals surface area (Å²) in [6.07, 6.45) is 9.10. The first-order valence-corrected chi connectivity index (χ1v) is 5.68. The molecule has 1 saturated carbocycles. The highest BCUT2D eigenvalue weighted by atomic mass is 14.8. The van der Waals surface area contributed by atoms with Crippen molar-refractivity contribution in [3.8, 4) is 0 Å². The van der Waals surface area contributed by atoms with Gasteiger partial charge in [0.1, 0.15) is 0 Å². The summed E-state index contributed by atoms with van der Waals surface area (Å²) in [4.78, 5) is 0. The van der Waals surface area contributed by atoms with Crippen LogP contribution in [0, 0.1) is 11.8 Å². The summed E-state index contributed by atoms with van der Waals surface area (Å²) in [5, 5.41) is 3.42. The second-order valence-corrected chi connectivity index (χ2v) is 4.24. The highest BCUT2D eigenvalue weighted by Gasteiger charge is 2.18. The van der Waals surface area contributed by atoms with Gasteiger partial charge in [0, 0.05) is 6.54 Å². The zero-order valence-electron chi connectivity index (χ0n) is 8.89. The summed E-state index contributed by atoms with van der Waals surface area (Å²) >= 11 is 0. The molecule has 0 unspecified atom stereocenters. The molecule has 76 valence electrons. The molecule has 0 aromatic rings. The van der Waals surface area contributed by atoms with Gasteiger partial charge in [-0.25, -0.2) is 0 Å². The van der Waals surface area contributed by atoms with Crippen LogP contribution in [-0.2, 0) is 0 Å². The van der Waals surface area contributed by atoms with Crippen molar-refractivity contribution < 1.29 is 0 Å². The Bertz CT molecular complexity index is 134. The fourth-order valence-corrected chi connectivity index (χ4v) is 2.23. The normalized spacial score (nSPS) is 28.7. The molecule has 0 aromatic carbocycles. The van der Waals surface area contributed by atoms with Gasteiger partial charge >= 0.3 is 0 Å². The SMILES string of the molecule is C=CCNCC1CCC(CC)CC1. The molecule has 1 heteroatoms. The molecule has 1 N–H and O–H groups in total. The number of hydrogen-bond acceptors (Lipinski definition) is 1. The monoisotopic (exact) mass is 181 g/mol. The Kier molecular flexibility index (Phi) is 5.14. The lowest BCUT2D eigenvalue weighted by Gasteiger charge is -2.27. The Hall–Kier alpha value is -0.300. The van der Waals surface area contributed by atoms with Gasteiger partial charge in [0.2, 0.25) is 0 Å². The predicted octanol–water partition coefficient (Wildman–Crippen LogP) is 2.98. The summed E-state index contributed by atoms with van der Waals surface area (Å²) in [5.74, 6) is 1.96. The van der Waals surface area contributed by atoms with Crippen LogP contribution in [0.1, 0.15) is 39.0 Å². The second kappa shape index (κ2) is 6.20. The minimum absolute atomic E-state index is 0.933. The smallest absolute Gasteiger partial charge is 0.0132 e. The Labute approximate surface area is 82.6 Å². The van der Waals surface area contributed by atoms with E-state index in [-0.39, 0.29) is 0 Å². The molecule has 0 amide bonds. The van der Waals surface area contributed by atoms with E-state index in [4.69, 9.17) is 0 Å². The lowest BCUT2D eigenvalue weighted by molar-refractivity contribution is 0.264. The predicted molar refractivity (Wildman–Crippen MR) is 58.8 cm³/mol. The number of nitrogens with one attached hydrogen (secondary N) is 1. The van der Waals surface area contributed by atoms with E-state index in [1.807, 2.05) is 6.08 Å². The topological polar surface area (TPSA) is 12.0 Å². The van der Waals surface area contributed by atoms with E-state index in [0.717, 1.165) is 18.4 Å². The maximum absolute atomic E-state index is 3.71. The van der Waals surface area contributed by atoms with Crippen molar-refractivity contribution in [3.05, 3.63) is 12.7 Å². The molecule has 0 radical (unpaired) electrons. The third kappa shape index (κ3) is 3.95. The lowest BCUT2D eigenvalue weighted by Crippen LogP contribution is -2.26. The van der Waals surface area contributed by atoms with E-state index in [0.29, 0.717) is 0 Å². The maximum Gasteiger partial charge on any atom is 0.0132 e. The van der Waals surface area contributed by atoms with Crippen LogP contribution >= 0.6 is 0 Å². The summed E-state index contributed by atoms with van der Waals surface area (Å²) < 4.78 is 0. The second-order valence-electron chi connectivity index (χ2n) is 4.24. The van der Waals surface area contributed by atoms with Crippen molar-refractivity contribution in [2.45, 2.75) is 39.0 Å². The van der Waals surface area contributed by atoms with Crippen molar-refractivity contribution in [2.75, 3.05) is 13.1 Å². The Morgan fingerprint density at radius 3 is 2.38 bits per heavy atom. The molecule has 1 fully saturated rings. The molecule has 1 rings (SSSR count). The summed E-state index contributed by atoms with van der Waals surface area (Å²) in [7, 11) is 0. The summed E-state index contributed by atoms with van der Waals surface area (Å²) in [6, 6.07) is 0. The molecule has 1 aliphatic carbocycles. The number of hydrogen-bond donors (Lipinski definition) is 1. The van der Waals surface area contributed by atoms with E-state index in [1.54, 1.807) is 0 Å². The van der Waals surface area contributed by atoms with Crippen LogP contribution in [0.5, 0.6) is 0 Å². The van der Waals surface area contributed by atoms with E-state index in [1.165, 1.54) is 38.6 Å². The lowest BCUT2D eigenvalue weighted by atomic mass is 9.81. The van der Waals surface area contributed by atoms with Crippen LogP contribution in [0.15, 0.2) is 12.7 Å². The zero-order valence-corrected chi connectivity index (χ0v) is 8.89. The largest absolute Gasteiger partial charge is 0.313 e. The van der Waals surface area contributed by atoms with E-state index >= 15 is 0 Å². The quantitative estimate of drug-likeness (QED) is 0.508. The molecule has 1 aliphatic rings. The fraction of sp³-hybridized carbons (Fsp3) is 0.833. The van der Waals surface area contributed by atoms with Gasteiger partial charge in [-0.1, -0.05) is 32.3 Å². The highest BCUT2D eigenvalue weighted by molar-refractivity contribution is 4.75. The van der Waals surface area contributed by atoms with E-state index < -0.39 is 0 Å². The van der Waals surface area contributed by atoms with Gasteiger partial charge in [-0.05, 0) is 31.2 Å². The first-order chi connectivity index (χ1) is 6.36. The molecule has 0 bridgehead atoms. The minimum Gasteiger partial charge on any atom is -0.313 e. The third-order valence-corrected chi connectivity index (χ3v) is 3.27. The molecular formula is C12H23N. The molecule has 0 aromatic heterocycles. The van der Waals surface area contributed by atoms with Gasteiger partial charge in [0.05, 0.1) is 0 Å².